The first kappa shape index (κ1) is 17.9. The average Bonchev–Trinajstić information content (AvgIpc) is 3.17. The summed E-state index contributed by atoms with van der Waals surface area (Å²) in [7, 11) is 1.62. The number of nitrogens with zero attached hydrogens (tertiary/aromatic N) is 2. The highest BCUT2D eigenvalue weighted by Crippen LogP contribution is 2.28. The van der Waals surface area contributed by atoms with Crippen LogP contribution in [-0.4, -0.2) is 24.5 Å². The zero-order chi connectivity index (χ0) is 18.4. The third kappa shape index (κ3) is 4.18. The fraction of sp³-hybridized carbons (Fsp3) is 0.143. The Morgan fingerprint density at radius 1 is 1.19 bits per heavy atom. The van der Waals surface area contributed by atoms with Crippen LogP contribution in [0.5, 0.6) is 5.75 Å². The number of anilines is 1. The van der Waals surface area contributed by atoms with Crippen molar-refractivity contribution >= 4 is 22.4 Å². The number of amides is 1. The number of hydrogen-bond acceptors (Lipinski definition) is 4. The number of methoxy groups -OCH3 is 1. The number of ether oxygens (including phenoxy) is 1. The molecule has 0 N–H and O–H groups in total. The molecule has 0 radical (unpaired) electrons. The Morgan fingerprint density at radius 3 is 2.58 bits per heavy atom. The molecule has 2 aromatic carbocycles. The maximum atomic E-state index is 12.8. The minimum absolute atomic E-state index is 0.0102. The quantitative estimate of drug-likeness (QED) is 0.576. The van der Waals surface area contributed by atoms with Crippen molar-refractivity contribution in [3.05, 3.63) is 78.2 Å². The lowest BCUT2D eigenvalue weighted by Crippen LogP contribution is -2.32. The zero-order valence-electron chi connectivity index (χ0n) is 14.6. The molecular weight excluding hydrogens is 344 g/mol. The van der Waals surface area contributed by atoms with E-state index in [-0.39, 0.29) is 5.91 Å². The minimum Gasteiger partial charge on any atom is -0.497 e. The number of benzene rings is 2. The van der Waals surface area contributed by atoms with Crippen molar-refractivity contribution < 1.29 is 9.53 Å². The van der Waals surface area contributed by atoms with Gasteiger partial charge in [0, 0.05) is 17.5 Å². The molecule has 132 valence electrons. The SMILES string of the molecule is C=CCN(C(=O)Cc1ccc(OC)cc1)c1nc(-c2ccccc2)cs1. The summed E-state index contributed by atoms with van der Waals surface area (Å²) in [6.45, 7) is 4.20. The largest absolute Gasteiger partial charge is 0.497 e. The number of aromatic nitrogens is 1. The van der Waals surface area contributed by atoms with E-state index < -0.39 is 0 Å². The summed E-state index contributed by atoms with van der Waals surface area (Å²) in [5, 5.41) is 2.66. The van der Waals surface area contributed by atoms with Crippen LogP contribution < -0.4 is 9.64 Å². The van der Waals surface area contributed by atoms with Crippen molar-refractivity contribution in [2.24, 2.45) is 0 Å². The van der Waals surface area contributed by atoms with E-state index >= 15 is 0 Å². The van der Waals surface area contributed by atoms with Crippen LogP contribution in [0.3, 0.4) is 0 Å². The van der Waals surface area contributed by atoms with Crippen molar-refractivity contribution in [1.82, 2.24) is 4.98 Å². The molecule has 0 fully saturated rings. The Labute approximate surface area is 157 Å². The van der Waals surface area contributed by atoms with Crippen molar-refractivity contribution in [2.75, 3.05) is 18.6 Å². The van der Waals surface area contributed by atoms with Gasteiger partial charge in [0.1, 0.15) is 5.75 Å². The van der Waals surface area contributed by atoms with E-state index in [1.807, 2.05) is 60.0 Å². The van der Waals surface area contributed by atoms with Crippen LogP contribution in [-0.2, 0) is 11.2 Å². The third-order valence-corrected chi connectivity index (χ3v) is 4.78. The molecular formula is C21H20N2O2S. The molecule has 26 heavy (non-hydrogen) atoms. The van der Waals surface area contributed by atoms with Gasteiger partial charge in [0.15, 0.2) is 5.13 Å². The predicted octanol–water partition coefficient (Wildman–Crippen LogP) is 4.58. The topological polar surface area (TPSA) is 42.4 Å². The first-order chi connectivity index (χ1) is 12.7. The average molecular weight is 364 g/mol. The van der Waals surface area contributed by atoms with Gasteiger partial charge in [-0.25, -0.2) is 4.98 Å². The van der Waals surface area contributed by atoms with Crippen molar-refractivity contribution in [2.45, 2.75) is 6.42 Å². The van der Waals surface area contributed by atoms with Crippen LogP contribution >= 0.6 is 11.3 Å². The smallest absolute Gasteiger partial charge is 0.233 e. The van der Waals surface area contributed by atoms with Crippen molar-refractivity contribution in [3.8, 4) is 17.0 Å². The molecule has 0 atom stereocenters. The normalized spacial score (nSPS) is 10.3. The second kappa shape index (κ2) is 8.45. The molecule has 0 aliphatic rings. The molecule has 0 saturated carbocycles. The summed E-state index contributed by atoms with van der Waals surface area (Å²) in [5.74, 6) is 0.764. The molecule has 0 aliphatic heterocycles. The van der Waals surface area contributed by atoms with E-state index in [1.165, 1.54) is 11.3 Å². The molecule has 3 rings (SSSR count). The fourth-order valence-corrected chi connectivity index (χ4v) is 3.42. The molecule has 0 unspecified atom stereocenters. The maximum absolute atomic E-state index is 12.8. The molecule has 1 aromatic heterocycles. The maximum Gasteiger partial charge on any atom is 0.233 e. The molecule has 5 heteroatoms. The lowest BCUT2D eigenvalue weighted by Gasteiger charge is -2.18. The molecule has 0 aliphatic carbocycles. The van der Waals surface area contributed by atoms with Gasteiger partial charge in [-0.3, -0.25) is 9.69 Å². The Kier molecular flexibility index (Phi) is 5.81. The fourth-order valence-electron chi connectivity index (χ4n) is 2.56. The molecule has 0 saturated heterocycles. The van der Waals surface area contributed by atoms with Crippen LogP contribution in [0.1, 0.15) is 5.56 Å². The Bertz CT molecular complexity index is 873. The first-order valence-corrected chi connectivity index (χ1v) is 9.14. The Morgan fingerprint density at radius 2 is 1.92 bits per heavy atom. The molecule has 1 amide bonds. The molecule has 1 heterocycles. The highest BCUT2D eigenvalue weighted by molar-refractivity contribution is 7.14. The van der Waals surface area contributed by atoms with E-state index in [1.54, 1.807) is 18.1 Å². The number of thiazole rings is 1. The lowest BCUT2D eigenvalue weighted by atomic mass is 10.1. The van der Waals surface area contributed by atoms with Gasteiger partial charge in [-0.05, 0) is 17.7 Å². The summed E-state index contributed by atoms with van der Waals surface area (Å²) in [6.07, 6.45) is 2.02. The van der Waals surface area contributed by atoms with Crippen LogP contribution in [0, 0.1) is 0 Å². The summed E-state index contributed by atoms with van der Waals surface area (Å²) < 4.78 is 5.16. The summed E-state index contributed by atoms with van der Waals surface area (Å²) >= 11 is 1.46. The van der Waals surface area contributed by atoms with Crippen LogP contribution in [0.4, 0.5) is 5.13 Å². The van der Waals surface area contributed by atoms with Crippen LogP contribution in [0.25, 0.3) is 11.3 Å². The van der Waals surface area contributed by atoms with Gasteiger partial charge in [-0.2, -0.15) is 0 Å². The van der Waals surface area contributed by atoms with Gasteiger partial charge < -0.3 is 4.74 Å². The van der Waals surface area contributed by atoms with E-state index in [2.05, 4.69) is 11.6 Å². The highest BCUT2D eigenvalue weighted by Gasteiger charge is 2.18. The monoisotopic (exact) mass is 364 g/mol. The summed E-state index contributed by atoms with van der Waals surface area (Å²) in [4.78, 5) is 19.1. The molecule has 4 nitrogen and oxygen atoms in total. The van der Waals surface area contributed by atoms with Gasteiger partial charge >= 0.3 is 0 Å². The number of carbonyl (C=O) groups is 1. The Hall–Kier alpha value is -2.92. The highest BCUT2D eigenvalue weighted by atomic mass is 32.1. The number of carbonyl (C=O) groups excluding carboxylic acids is 1. The van der Waals surface area contributed by atoms with E-state index in [0.717, 1.165) is 22.6 Å². The van der Waals surface area contributed by atoms with Gasteiger partial charge in [-0.15, -0.1) is 17.9 Å². The first-order valence-electron chi connectivity index (χ1n) is 8.26. The van der Waals surface area contributed by atoms with Crippen molar-refractivity contribution in [3.63, 3.8) is 0 Å². The van der Waals surface area contributed by atoms with E-state index in [0.29, 0.717) is 18.1 Å². The van der Waals surface area contributed by atoms with Crippen molar-refractivity contribution in [1.29, 1.82) is 0 Å². The third-order valence-electron chi connectivity index (χ3n) is 3.92. The second-order valence-electron chi connectivity index (χ2n) is 5.70. The lowest BCUT2D eigenvalue weighted by molar-refractivity contribution is -0.117. The second-order valence-corrected chi connectivity index (χ2v) is 6.54. The van der Waals surface area contributed by atoms with Gasteiger partial charge in [0.25, 0.3) is 0 Å². The molecule has 3 aromatic rings. The number of rotatable bonds is 7. The predicted molar refractivity (Wildman–Crippen MR) is 107 cm³/mol. The minimum atomic E-state index is -0.0102. The Balaban J connectivity index is 1.78. The van der Waals surface area contributed by atoms with E-state index in [4.69, 9.17) is 4.74 Å². The summed E-state index contributed by atoms with van der Waals surface area (Å²) in [6, 6.07) is 17.5. The van der Waals surface area contributed by atoms with Crippen LogP contribution in [0.2, 0.25) is 0 Å². The van der Waals surface area contributed by atoms with Gasteiger partial charge in [-0.1, -0.05) is 48.5 Å². The molecule has 0 bridgehead atoms. The molecule has 0 spiro atoms. The van der Waals surface area contributed by atoms with E-state index in [9.17, 15) is 4.79 Å². The zero-order valence-corrected chi connectivity index (χ0v) is 15.4. The van der Waals surface area contributed by atoms with Gasteiger partial charge in [0.05, 0.1) is 19.2 Å². The summed E-state index contributed by atoms with van der Waals surface area (Å²) in [5.41, 5.74) is 2.85. The number of hydrogen-bond donors (Lipinski definition) is 0. The standard InChI is InChI=1S/C21H20N2O2S/c1-3-13-23(20(24)14-16-9-11-18(25-2)12-10-16)21-22-19(15-26-21)17-7-5-4-6-8-17/h3-12,15H,1,13-14H2,2H3. The van der Waals surface area contributed by atoms with Crippen LogP contribution in [0.15, 0.2) is 72.6 Å². The van der Waals surface area contributed by atoms with Gasteiger partial charge in [0.2, 0.25) is 5.91 Å².